The van der Waals surface area contributed by atoms with E-state index in [4.69, 9.17) is 0 Å². The maximum atomic E-state index is 12.3. The summed E-state index contributed by atoms with van der Waals surface area (Å²) in [5.41, 5.74) is 0. The Morgan fingerprint density at radius 1 is 1.52 bits per heavy atom. The van der Waals surface area contributed by atoms with E-state index < -0.39 is 6.04 Å². The second-order valence-electron chi connectivity index (χ2n) is 5.50. The Morgan fingerprint density at radius 3 is 2.90 bits per heavy atom. The largest absolute Gasteiger partial charge is 0.336 e. The maximum absolute atomic E-state index is 12.3. The highest BCUT2D eigenvalue weighted by Crippen LogP contribution is 2.09. The Bertz CT molecular complexity index is 488. The van der Waals surface area contributed by atoms with E-state index in [0.717, 1.165) is 13.1 Å². The number of amides is 2. The zero-order valence-corrected chi connectivity index (χ0v) is 12.8. The molecule has 1 saturated heterocycles. The zero-order chi connectivity index (χ0) is 15.4. The number of carbonyl (C=O) groups is 2. The van der Waals surface area contributed by atoms with Gasteiger partial charge in [0.15, 0.2) is 0 Å². The molecule has 0 spiro atoms. The van der Waals surface area contributed by atoms with Gasteiger partial charge in [-0.15, -0.1) is 0 Å². The summed E-state index contributed by atoms with van der Waals surface area (Å²) in [7, 11) is 1.66. The molecule has 1 aromatic rings. The lowest BCUT2D eigenvalue weighted by molar-refractivity contribution is -0.142. The average Bonchev–Trinajstić information content (AvgIpc) is 3.00. The van der Waals surface area contributed by atoms with Crippen LogP contribution in [0.4, 0.5) is 0 Å². The van der Waals surface area contributed by atoms with Crippen LogP contribution in [0.3, 0.4) is 0 Å². The van der Waals surface area contributed by atoms with Crippen LogP contribution in [0.2, 0.25) is 0 Å². The fourth-order valence-corrected chi connectivity index (χ4v) is 2.53. The van der Waals surface area contributed by atoms with Gasteiger partial charge < -0.3 is 15.1 Å². The number of aromatic nitrogens is 2. The van der Waals surface area contributed by atoms with Gasteiger partial charge in [0.05, 0.1) is 6.54 Å². The molecule has 7 heteroatoms. The molecule has 2 heterocycles. The van der Waals surface area contributed by atoms with Crippen LogP contribution in [0.5, 0.6) is 0 Å². The van der Waals surface area contributed by atoms with Crippen LogP contribution in [0.25, 0.3) is 0 Å². The predicted octanol–water partition coefficient (Wildman–Crippen LogP) is -0.277. The van der Waals surface area contributed by atoms with Gasteiger partial charge in [-0.3, -0.25) is 14.3 Å². The van der Waals surface area contributed by atoms with Crippen molar-refractivity contribution in [3.63, 3.8) is 0 Å². The van der Waals surface area contributed by atoms with E-state index in [9.17, 15) is 9.59 Å². The number of hydrogen-bond acceptors (Lipinski definition) is 4. The van der Waals surface area contributed by atoms with E-state index in [1.54, 1.807) is 37.1 Å². The highest BCUT2D eigenvalue weighted by molar-refractivity contribution is 5.86. The lowest BCUT2D eigenvalue weighted by atomic mass is 10.2. The van der Waals surface area contributed by atoms with E-state index in [0.29, 0.717) is 6.54 Å². The molecular weight excluding hydrogens is 270 g/mol. The van der Waals surface area contributed by atoms with Crippen LogP contribution in [0.1, 0.15) is 19.9 Å². The van der Waals surface area contributed by atoms with E-state index in [-0.39, 0.29) is 24.4 Å². The quantitative estimate of drug-likeness (QED) is 0.829. The van der Waals surface area contributed by atoms with Crippen LogP contribution in [0, 0.1) is 0 Å². The standard InChI is InChI=1S/C14H23N5O2/c1-11-9-15-6-8-18(11)13(20)10-17(3)14(21)12(2)19-7-4-5-16-19/h4-5,7,11-12,15H,6,8-10H2,1-3H3. The topological polar surface area (TPSA) is 70.5 Å². The van der Waals surface area contributed by atoms with Crippen LogP contribution in [-0.2, 0) is 9.59 Å². The molecule has 2 unspecified atom stereocenters. The Balaban J connectivity index is 1.92. The maximum Gasteiger partial charge on any atom is 0.247 e. The van der Waals surface area contributed by atoms with Crippen molar-refractivity contribution in [1.29, 1.82) is 0 Å². The molecule has 1 aliphatic rings. The normalized spacial score (nSPS) is 20.1. The molecule has 0 bridgehead atoms. The first-order chi connectivity index (χ1) is 10.0. The highest BCUT2D eigenvalue weighted by Gasteiger charge is 2.26. The summed E-state index contributed by atoms with van der Waals surface area (Å²) >= 11 is 0. The Kier molecular flexibility index (Phi) is 4.95. The van der Waals surface area contributed by atoms with Gasteiger partial charge >= 0.3 is 0 Å². The van der Waals surface area contributed by atoms with Crippen LogP contribution >= 0.6 is 0 Å². The summed E-state index contributed by atoms with van der Waals surface area (Å²) in [4.78, 5) is 27.9. The van der Waals surface area contributed by atoms with Gasteiger partial charge in [-0.2, -0.15) is 5.10 Å². The SMILES string of the molecule is CC1CNCCN1C(=O)CN(C)C(=O)C(C)n1cccn1. The predicted molar refractivity (Wildman–Crippen MR) is 78.6 cm³/mol. The smallest absolute Gasteiger partial charge is 0.247 e. The second kappa shape index (κ2) is 6.71. The van der Waals surface area contributed by atoms with Gasteiger partial charge in [0.25, 0.3) is 0 Å². The van der Waals surface area contributed by atoms with Gasteiger partial charge in [-0.25, -0.2) is 0 Å². The number of likely N-dealkylation sites (N-methyl/N-ethyl adjacent to an activating group) is 1. The van der Waals surface area contributed by atoms with E-state index >= 15 is 0 Å². The number of nitrogens with one attached hydrogen (secondary N) is 1. The van der Waals surface area contributed by atoms with Crippen molar-refractivity contribution in [2.75, 3.05) is 33.2 Å². The summed E-state index contributed by atoms with van der Waals surface area (Å²) in [6.45, 7) is 6.19. The minimum Gasteiger partial charge on any atom is -0.336 e. The van der Waals surface area contributed by atoms with Gasteiger partial charge in [-0.05, 0) is 19.9 Å². The number of piperazine rings is 1. The Morgan fingerprint density at radius 2 is 2.29 bits per heavy atom. The molecule has 1 aromatic heterocycles. The van der Waals surface area contributed by atoms with Crippen molar-refractivity contribution in [1.82, 2.24) is 24.9 Å². The zero-order valence-electron chi connectivity index (χ0n) is 12.8. The van der Waals surface area contributed by atoms with Crippen molar-refractivity contribution in [2.24, 2.45) is 0 Å². The third-order valence-corrected chi connectivity index (χ3v) is 3.85. The molecule has 1 N–H and O–H groups in total. The van der Waals surface area contributed by atoms with Gasteiger partial charge in [0.2, 0.25) is 11.8 Å². The van der Waals surface area contributed by atoms with Crippen LogP contribution in [0.15, 0.2) is 18.5 Å². The highest BCUT2D eigenvalue weighted by atomic mass is 16.2. The fourth-order valence-electron chi connectivity index (χ4n) is 2.53. The molecule has 2 atom stereocenters. The summed E-state index contributed by atoms with van der Waals surface area (Å²) in [6, 6.07) is 1.54. The average molecular weight is 293 g/mol. The van der Waals surface area contributed by atoms with E-state index in [1.165, 1.54) is 4.90 Å². The molecule has 1 aliphatic heterocycles. The van der Waals surface area contributed by atoms with Crippen molar-refractivity contribution < 1.29 is 9.59 Å². The number of carbonyl (C=O) groups excluding carboxylic acids is 2. The summed E-state index contributed by atoms with van der Waals surface area (Å²) in [5, 5.41) is 7.31. The Hall–Kier alpha value is -1.89. The Labute approximate surface area is 124 Å². The minimum atomic E-state index is -0.404. The van der Waals surface area contributed by atoms with Gasteiger partial charge in [0, 0.05) is 45.1 Å². The fraction of sp³-hybridized carbons (Fsp3) is 0.643. The lowest BCUT2D eigenvalue weighted by Gasteiger charge is -2.35. The molecule has 2 amide bonds. The van der Waals surface area contributed by atoms with Crippen molar-refractivity contribution in [2.45, 2.75) is 25.9 Å². The second-order valence-corrected chi connectivity index (χ2v) is 5.50. The molecule has 0 aromatic carbocycles. The van der Waals surface area contributed by atoms with Crippen molar-refractivity contribution in [3.05, 3.63) is 18.5 Å². The first-order valence-electron chi connectivity index (χ1n) is 7.25. The van der Waals surface area contributed by atoms with Gasteiger partial charge in [-0.1, -0.05) is 0 Å². The van der Waals surface area contributed by atoms with Crippen molar-refractivity contribution in [3.8, 4) is 0 Å². The van der Waals surface area contributed by atoms with Gasteiger partial charge in [0.1, 0.15) is 6.04 Å². The molecule has 116 valence electrons. The van der Waals surface area contributed by atoms with Crippen LogP contribution < -0.4 is 5.32 Å². The molecule has 1 fully saturated rings. The first kappa shape index (κ1) is 15.5. The number of rotatable bonds is 4. The third kappa shape index (κ3) is 3.60. The van der Waals surface area contributed by atoms with Crippen molar-refractivity contribution >= 4 is 11.8 Å². The molecule has 7 nitrogen and oxygen atoms in total. The lowest BCUT2D eigenvalue weighted by Crippen LogP contribution is -2.54. The first-order valence-corrected chi connectivity index (χ1v) is 7.25. The van der Waals surface area contributed by atoms with E-state index in [1.807, 2.05) is 11.8 Å². The summed E-state index contributed by atoms with van der Waals surface area (Å²) in [5.74, 6) is -0.123. The number of hydrogen-bond donors (Lipinski definition) is 1. The van der Waals surface area contributed by atoms with E-state index in [2.05, 4.69) is 10.4 Å². The molecule has 21 heavy (non-hydrogen) atoms. The summed E-state index contributed by atoms with van der Waals surface area (Å²) < 4.78 is 1.59. The molecule has 0 aliphatic carbocycles. The monoisotopic (exact) mass is 293 g/mol. The van der Waals surface area contributed by atoms with Crippen LogP contribution in [-0.4, -0.2) is 70.7 Å². The molecule has 0 saturated carbocycles. The molecule has 0 radical (unpaired) electrons. The summed E-state index contributed by atoms with van der Waals surface area (Å²) in [6.07, 6.45) is 3.38. The number of nitrogens with zero attached hydrogens (tertiary/aromatic N) is 4. The molecular formula is C14H23N5O2. The minimum absolute atomic E-state index is 0.00693. The molecule has 2 rings (SSSR count). The third-order valence-electron chi connectivity index (χ3n) is 3.85.